The number of carbonyl (C=O) groups is 1. The third kappa shape index (κ3) is 3.98. The molecule has 0 aliphatic heterocycles. The molecule has 0 N–H and O–H groups in total. The molecule has 1 heterocycles. The fraction of sp³-hybridized carbons (Fsp3) is 0.304. The lowest BCUT2D eigenvalue weighted by atomic mass is 9.97. The van der Waals surface area contributed by atoms with Crippen LogP contribution in [-0.2, 0) is 0 Å². The molecule has 0 fully saturated rings. The number of nitrogens with zero attached hydrogens (tertiary/aromatic N) is 3. The predicted octanol–water partition coefficient (Wildman–Crippen LogP) is 4.76. The van der Waals surface area contributed by atoms with Gasteiger partial charge in [0.25, 0.3) is 5.91 Å². The molecule has 0 radical (unpaired) electrons. The Hall–Kier alpha value is -2.95. The highest BCUT2D eigenvalue weighted by Gasteiger charge is 2.21. The van der Waals surface area contributed by atoms with Crippen LogP contribution < -0.4 is 0 Å². The molecule has 0 bridgehead atoms. The zero-order chi connectivity index (χ0) is 20.3. The van der Waals surface area contributed by atoms with E-state index in [1.54, 1.807) is 11.0 Å². The van der Waals surface area contributed by atoms with Crippen LogP contribution in [0.1, 0.15) is 52.8 Å². The lowest BCUT2D eigenvalue weighted by Gasteiger charge is -2.22. The Morgan fingerprint density at radius 3 is 2.25 bits per heavy atom. The summed E-state index contributed by atoms with van der Waals surface area (Å²) in [6.07, 6.45) is 0. The maximum Gasteiger partial charge on any atom is 0.253 e. The molecule has 0 saturated carbocycles. The number of aryl methyl sites for hydroxylation is 2. The zero-order valence-corrected chi connectivity index (χ0v) is 16.8. The van der Waals surface area contributed by atoms with Gasteiger partial charge in [-0.2, -0.15) is 5.10 Å². The molecule has 0 aliphatic rings. The van der Waals surface area contributed by atoms with E-state index < -0.39 is 0 Å². The summed E-state index contributed by atoms with van der Waals surface area (Å²) >= 11 is 0. The van der Waals surface area contributed by atoms with E-state index in [0.717, 1.165) is 22.5 Å². The highest BCUT2D eigenvalue weighted by Crippen LogP contribution is 2.29. The second kappa shape index (κ2) is 8.38. The Morgan fingerprint density at radius 2 is 1.71 bits per heavy atom. The number of carbonyl (C=O) groups excluding carboxylic acids is 1. The van der Waals surface area contributed by atoms with Gasteiger partial charge in [0, 0.05) is 24.3 Å². The summed E-state index contributed by atoms with van der Waals surface area (Å²) in [5, 5.41) is 4.62. The van der Waals surface area contributed by atoms with E-state index in [1.165, 1.54) is 12.1 Å². The molecular weight excluding hydrogens is 353 g/mol. The number of hydrogen-bond acceptors (Lipinski definition) is 2. The summed E-state index contributed by atoms with van der Waals surface area (Å²) < 4.78 is 15.8. The molecule has 0 spiro atoms. The quantitative estimate of drug-likeness (QED) is 0.619. The van der Waals surface area contributed by atoms with E-state index in [9.17, 15) is 9.18 Å². The largest absolute Gasteiger partial charge is 0.339 e. The van der Waals surface area contributed by atoms with Crippen LogP contribution in [0.15, 0.2) is 54.6 Å². The third-order valence-electron chi connectivity index (χ3n) is 4.98. The van der Waals surface area contributed by atoms with E-state index >= 15 is 0 Å². The molecule has 1 atom stereocenters. The molecule has 146 valence electrons. The normalized spacial score (nSPS) is 12.0. The molecule has 3 rings (SSSR count). The number of rotatable bonds is 6. The van der Waals surface area contributed by atoms with Crippen LogP contribution >= 0.6 is 0 Å². The van der Waals surface area contributed by atoms with Gasteiger partial charge in [-0.1, -0.05) is 24.3 Å². The predicted molar refractivity (Wildman–Crippen MR) is 109 cm³/mol. The Labute approximate surface area is 165 Å². The minimum absolute atomic E-state index is 0.0185. The van der Waals surface area contributed by atoms with E-state index in [4.69, 9.17) is 0 Å². The van der Waals surface area contributed by atoms with Gasteiger partial charge in [-0.3, -0.25) is 9.48 Å². The van der Waals surface area contributed by atoms with Gasteiger partial charge in [0.15, 0.2) is 0 Å². The van der Waals surface area contributed by atoms with Gasteiger partial charge in [-0.05, 0) is 69.2 Å². The molecule has 1 unspecified atom stereocenters. The molecule has 4 nitrogen and oxygen atoms in total. The van der Waals surface area contributed by atoms with E-state index in [2.05, 4.69) is 5.10 Å². The monoisotopic (exact) mass is 379 g/mol. The Balaban J connectivity index is 2.04. The lowest BCUT2D eigenvalue weighted by molar-refractivity contribution is 0.0773. The van der Waals surface area contributed by atoms with E-state index in [0.29, 0.717) is 18.7 Å². The van der Waals surface area contributed by atoms with Crippen molar-refractivity contribution in [2.45, 2.75) is 33.7 Å². The van der Waals surface area contributed by atoms with Crippen LogP contribution in [0.5, 0.6) is 0 Å². The smallest absolute Gasteiger partial charge is 0.253 e. The summed E-state index contributed by atoms with van der Waals surface area (Å²) in [6.45, 7) is 9.23. The third-order valence-corrected chi connectivity index (χ3v) is 4.98. The average molecular weight is 379 g/mol. The van der Waals surface area contributed by atoms with Crippen molar-refractivity contribution < 1.29 is 9.18 Å². The van der Waals surface area contributed by atoms with Crippen LogP contribution in [0.4, 0.5) is 4.39 Å². The van der Waals surface area contributed by atoms with Crippen molar-refractivity contribution in [3.63, 3.8) is 0 Å². The number of amides is 1. The van der Waals surface area contributed by atoms with Gasteiger partial charge < -0.3 is 4.90 Å². The minimum atomic E-state index is -0.280. The second-order valence-electron chi connectivity index (χ2n) is 6.93. The summed E-state index contributed by atoms with van der Waals surface area (Å²) in [6, 6.07) is 15.9. The molecule has 1 aromatic heterocycles. The van der Waals surface area contributed by atoms with Crippen LogP contribution in [-0.4, -0.2) is 33.7 Å². The fourth-order valence-electron chi connectivity index (χ4n) is 3.56. The topological polar surface area (TPSA) is 38.1 Å². The van der Waals surface area contributed by atoms with E-state index in [1.807, 2.05) is 68.8 Å². The van der Waals surface area contributed by atoms with Gasteiger partial charge in [-0.15, -0.1) is 0 Å². The molecule has 2 aromatic carbocycles. The van der Waals surface area contributed by atoms with Gasteiger partial charge in [-0.25, -0.2) is 4.39 Å². The molecule has 0 aliphatic carbocycles. The van der Waals surface area contributed by atoms with Crippen LogP contribution in [0.3, 0.4) is 0 Å². The first-order chi connectivity index (χ1) is 13.4. The Kier molecular flexibility index (Phi) is 5.93. The Bertz CT molecular complexity index is 958. The molecule has 5 heteroatoms. The van der Waals surface area contributed by atoms with Crippen molar-refractivity contribution in [3.05, 3.63) is 88.5 Å². The number of hydrogen-bond donors (Lipinski definition) is 0. The van der Waals surface area contributed by atoms with Crippen molar-refractivity contribution in [1.29, 1.82) is 0 Å². The summed E-state index contributed by atoms with van der Waals surface area (Å²) in [5.41, 5.74) is 4.32. The van der Waals surface area contributed by atoms with Gasteiger partial charge in [0.1, 0.15) is 11.9 Å². The SMILES string of the molecule is CCN(CC)C(=O)c1ccc(C(c2cccc(F)c2)n2nc(C)cc2C)cc1. The minimum Gasteiger partial charge on any atom is -0.339 e. The average Bonchev–Trinajstić information content (AvgIpc) is 3.01. The zero-order valence-electron chi connectivity index (χ0n) is 16.8. The van der Waals surface area contributed by atoms with Crippen molar-refractivity contribution in [2.24, 2.45) is 0 Å². The van der Waals surface area contributed by atoms with Crippen LogP contribution in [0, 0.1) is 19.7 Å². The van der Waals surface area contributed by atoms with Crippen LogP contribution in [0.2, 0.25) is 0 Å². The van der Waals surface area contributed by atoms with Gasteiger partial charge in [0.2, 0.25) is 0 Å². The van der Waals surface area contributed by atoms with Crippen molar-refractivity contribution in [3.8, 4) is 0 Å². The highest BCUT2D eigenvalue weighted by molar-refractivity contribution is 5.94. The first kappa shape index (κ1) is 19.8. The molecular formula is C23H26FN3O. The molecule has 0 saturated heterocycles. The van der Waals surface area contributed by atoms with Crippen molar-refractivity contribution >= 4 is 5.91 Å². The molecule has 3 aromatic rings. The maximum absolute atomic E-state index is 13.9. The summed E-state index contributed by atoms with van der Waals surface area (Å²) in [5.74, 6) is -0.262. The van der Waals surface area contributed by atoms with Gasteiger partial charge >= 0.3 is 0 Å². The fourth-order valence-corrected chi connectivity index (χ4v) is 3.56. The number of benzene rings is 2. The lowest BCUT2D eigenvalue weighted by Crippen LogP contribution is -2.30. The standard InChI is InChI=1S/C23H26FN3O/c1-5-26(6-2)23(28)19-12-10-18(11-13-19)22(20-8-7-9-21(24)15-20)27-17(4)14-16(3)25-27/h7-15,22H,5-6H2,1-4H3. The van der Waals surface area contributed by atoms with E-state index in [-0.39, 0.29) is 17.8 Å². The Morgan fingerprint density at radius 1 is 1.04 bits per heavy atom. The van der Waals surface area contributed by atoms with Crippen LogP contribution in [0.25, 0.3) is 0 Å². The summed E-state index contributed by atoms with van der Waals surface area (Å²) in [4.78, 5) is 14.4. The number of aromatic nitrogens is 2. The van der Waals surface area contributed by atoms with Crippen molar-refractivity contribution in [1.82, 2.24) is 14.7 Å². The maximum atomic E-state index is 13.9. The van der Waals surface area contributed by atoms with Gasteiger partial charge in [0.05, 0.1) is 5.69 Å². The first-order valence-corrected chi connectivity index (χ1v) is 9.62. The highest BCUT2D eigenvalue weighted by atomic mass is 19.1. The first-order valence-electron chi connectivity index (χ1n) is 9.62. The summed E-state index contributed by atoms with van der Waals surface area (Å²) in [7, 11) is 0. The number of halogens is 1. The second-order valence-corrected chi connectivity index (χ2v) is 6.93. The molecule has 28 heavy (non-hydrogen) atoms. The van der Waals surface area contributed by atoms with Crippen molar-refractivity contribution in [2.75, 3.05) is 13.1 Å². The molecule has 1 amide bonds.